The number of carbonyl (C=O) groups excluding carboxylic acids is 1. The lowest BCUT2D eigenvalue weighted by atomic mass is 9.96. The summed E-state index contributed by atoms with van der Waals surface area (Å²) in [7, 11) is 0. The summed E-state index contributed by atoms with van der Waals surface area (Å²) in [4.78, 5) is 21.4. The van der Waals surface area contributed by atoms with Crippen LogP contribution in [0.25, 0.3) is 0 Å². The molecule has 30 heavy (non-hydrogen) atoms. The Morgan fingerprint density at radius 3 is 2.17 bits per heavy atom. The SMILES string of the molecule is CC(C)(C)c1noc(CCCc2nc(C(C)(C)NC(=O)c3cccc(Cl)c3)no2)n1. The van der Waals surface area contributed by atoms with Gasteiger partial charge >= 0.3 is 0 Å². The number of nitrogens with zero attached hydrogens (tertiary/aromatic N) is 4. The predicted molar refractivity (Wildman–Crippen MR) is 111 cm³/mol. The summed E-state index contributed by atoms with van der Waals surface area (Å²) in [5.41, 5.74) is -0.493. The molecule has 1 aromatic carbocycles. The summed E-state index contributed by atoms with van der Waals surface area (Å²) in [5, 5.41) is 11.5. The van der Waals surface area contributed by atoms with Crippen molar-refractivity contribution in [1.82, 2.24) is 25.6 Å². The molecule has 9 heteroatoms. The maximum Gasteiger partial charge on any atom is 0.252 e. The van der Waals surface area contributed by atoms with Crippen molar-refractivity contribution in [3.63, 3.8) is 0 Å². The van der Waals surface area contributed by atoms with Crippen LogP contribution in [0.3, 0.4) is 0 Å². The Balaban J connectivity index is 1.57. The van der Waals surface area contributed by atoms with Crippen molar-refractivity contribution < 1.29 is 13.8 Å². The predicted octanol–water partition coefficient (Wildman–Crippen LogP) is 4.24. The number of nitrogens with one attached hydrogen (secondary N) is 1. The molecule has 0 saturated heterocycles. The van der Waals surface area contributed by atoms with Gasteiger partial charge in [-0.25, -0.2) is 0 Å². The number of benzene rings is 1. The Morgan fingerprint density at radius 2 is 1.60 bits per heavy atom. The van der Waals surface area contributed by atoms with Crippen molar-refractivity contribution in [1.29, 1.82) is 0 Å². The van der Waals surface area contributed by atoms with E-state index < -0.39 is 5.54 Å². The Bertz CT molecular complexity index is 1020. The minimum absolute atomic E-state index is 0.149. The van der Waals surface area contributed by atoms with Gasteiger partial charge in [0.05, 0.1) is 5.54 Å². The molecule has 0 fully saturated rings. The molecule has 2 aromatic heterocycles. The highest BCUT2D eigenvalue weighted by Crippen LogP contribution is 2.21. The quantitative estimate of drug-likeness (QED) is 0.595. The van der Waals surface area contributed by atoms with E-state index in [1.54, 1.807) is 24.3 Å². The molecule has 1 N–H and O–H groups in total. The molecule has 0 spiro atoms. The average molecular weight is 432 g/mol. The second kappa shape index (κ2) is 8.55. The van der Waals surface area contributed by atoms with Gasteiger partial charge in [0.15, 0.2) is 11.6 Å². The second-order valence-corrected chi connectivity index (χ2v) is 9.15. The molecule has 0 saturated carbocycles. The number of hydrogen-bond acceptors (Lipinski definition) is 7. The summed E-state index contributed by atoms with van der Waals surface area (Å²) >= 11 is 5.96. The van der Waals surface area contributed by atoms with Gasteiger partial charge in [0.2, 0.25) is 11.8 Å². The van der Waals surface area contributed by atoms with Gasteiger partial charge in [0.25, 0.3) is 5.91 Å². The molecule has 0 aliphatic carbocycles. The average Bonchev–Trinajstić information content (AvgIpc) is 3.31. The lowest BCUT2D eigenvalue weighted by Gasteiger charge is -2.22. The first-order valence-corrected chi connectivity index (χ1v) is 10.2. The molecular weight excluding hydrogens is 406 g/mol. The van der Waals surface area contributed by atoms with E-state index >= 15 is 0 Å². The number of rotatable bonds is 7. The number of hydrogen-bond donors (Lipinski definition) is 1. The van der Waals surface area contributed by atoms with Crippen LogP contribution in [0.4, 0.5) is 0 Å². The number of carbonyl (C=O) groups is 1. The van der Waals surface area contributed by atoms with E-state index in [4.69, 9.17) is 20.6 Å². The van der Waals surface area contributed by atoms with Crippen LogP contribution in [0.5, 0.6) is 0 Å². The molecule has 2 heterocycles. The summed E-state index contributed by atoms with van der Waals surface area (Å²) in [6.07, 6.45) is 1.91. The smallest absolute Gasteiger partial charge is 0.252 e. The van der Waals surface area contributed by atoms with Crippen molar-refractivity contribution in [2.24, 2.45) is 0 Å². The topological polar surface area (TPSA) is 107 Å². The van der Waals surface area contributed by atoms with Crippen molar-refractivity contribution in [3.8, 4) is 0 Å². The van der Waals surface area contributed by atoms with E-state index in [0.29, 0.717) is 46.9 Å². The molecule has 3 rings (SSSR count). The highest BCUT2D eigenvalue weighted by molar-refractivity contribution is 6.30. The standard InChI is InChI=1S/C21H26ClN5O3/c1-20(2,3)18-23-15(29-26-18)10-7-11-16-24-19(27-30-16)21(4,5)25-17(28)13-8-6-9-14(22)12-13/h6,8-9,12H,7,10-11H2,1-5H3,(H,25,28). The van der Waals surface area contributed by atoms with Crippen LogP contribution in [-0.4, -0.2) is 26.2 Å². The number of aromatic nitrogens is 4. The molecule has 0 aliphatic heterocycles. The van der Waals surface area contributed by atoms with E-state index in [9.17, 15) is 4.79 Å². The van der Waals surface area contributed by atoms with Crippen LogP contribution in [0.15, 0.2) is 33.3 Å². The van der Waals surface area contributed by atoms with Crippen LogP contribution < -0.4 is 5.32 Å². The van der Waals surface area contributed by atoms with Crippen molar-refractivity contribution in [2.75, 3.05) is 0 Å². The van der Waals surface area contributed by atoms with Gasteiger partial charge in [-0.3, -0.25) is 4.79 Å². The Kier molecular flexibility index (Phi) is 6.26. The molecule has 160 valence electrons. The lowest BCUT2D eigenvalue weighted by Crippen LogP contribution is -2.41. The summed E-state index contributed by atoms with van der Waals surface area (Å²) in [6.45, 7) is 9.74. The normalized spacial score (nSPS) is 12.2. The maximum absolute atomic E-state index is 12.5. The molecule has 3 aromatic rings. The highest BCUT2D eigenvalue weighted by Gasteiger charge is 2.29. The van der Waals surface area contributed by atoms with Crippen LogP contribution in [0.1, 0.15) is 74.8 Å². The number of halogens is 1. The van der Waals surface area contributed by atoms with E-state index in [2.05, 4.69) is 25.6 Å². The van der Waals surface area contributed by atoms with E-state index in [-0.39, 0.29) is 11.3 Å². The number of amides is 1. The zero-order chi connectivity index (χ0) is 21.9. The zero-order valence-corrected chi connectivity index (χ0v) is 18.6. The first-order chi connectivity index (χ1) is 14.0. The third-order valence-electron chi connectivity index (χ3n) is 4.46. The fourth-order valence-corrected chi connectivity index (χ4v) is 2.89. The third kappa shape index (κ3) is 5.44. The Labute approximate surface area is 180 Å². The van der Waals surface area contributed by atoms with Gasteiger partial charge in [-0.2, -0.15) is 9.97 Å². The van der Waals surface area contributed by atoms with Gasteiger partial charge in [-0.1, -0.05) is 48.8 Å². The molecule has 0 atom stereocenters. The minimum atomic E-state index is -0.810. The molecule has 0 radical (unpaired) electrons. The molecule has 0 unspecified atom stereocenters. The van der Waals surface area contributed by atoms with Gasteiger partial charge in [-0.05, 0) is 38.5 Å². The van der Waals surface area contributed by atoms with Crippen molar-refractivity contribution in [2.45, 2.75) is 64.8 Å². The van der Waals surface area contributed by atoms with Crippen molar-refractivity contribution >= 4 is 17.5 Å². The fraction of sp³-hybridized carbons (Fsp3) is 0.476. The van der Waals surface area contributed by atoms with Gasteiger partial charge in [-0.15, -0.1) is 0 Å². The van der Waals surface area contributed by atoms with Gasteiger partial charge in [0, 0.05) is 28.8 Å². The van der Waals surface area contributed by atoms with E-state index in [0.717, 1.165) is 6.42 Å². The first-order valence-electron chi connectivity index (χ1n) is 9.79. The molecular formula is C21H26ClN5O3. The lowest BCUT2D eigenvalue weighted by molar-refractivity contribution is 0.0907. The second-order valence-electron chi connectivity index (χ2n) is 8.72. The summed E-state index contributed by atoms with van der Waals surface area (Å²) < 4.78 is 10.7. The van der Waals surface area contributed by atoms with E-state index in [1.165, 1.54) is 0 Å². The molecule has 8 nitrogen and oxygen atoms in total. The van der Waals surface area contributed by atoms with Gasteiger partial charge < -0.3 is 14.4 Å². The Hall–Kier alpha value is -2.74. The third-order valence-corrected chi connectivity index (χ3v) is 4.70. The van der Waals surface area contributed by atoms with Gasteiger partial charge in [0.1, 0.15) is 0 Å². The summed E-state index contributed by atoms with van der Waals surface area (Å²) in [6, 6.07) is 6.75. The molecule has 0 aliphatic rings. The largest absolute Gasteiger partial charge is 0.340 e. The van der Waals surface area contributed by atoms with Crippen LogP contribution >= 0.6 is 11.6 Å². The molecule has 0 bridgehead atoms. The monoisotopic (exact) mass is 431 g/mol. The molecule has 1 amide bonds. The van der Waals surface area contributed by atoms with Crippen LogP contribution in [-0.2, 0) is 23.8 Å². The van der Waals surface area contributed by atoms with Crippen LogP contribution in [0.2, 0.25) is 5.02 Å². The Morgan fingerprint density at radius 1 is 1.00 bits per heavy atom. The first kappa shape index (κ1) is 22.0. The van der Waals surface area contributed by atoms with Crippen molar-refractivity contribution in [3.05, 3.63) is 58.3 Å². The van der Waals surface area contributed by atoms with Crippen LogP contribution in [0, 0.1) is 0 Å². The minimum Gasteiger partial charge on any atom is -0.340 e. The zero-order valence-electron chi connectivity index (χ0n) is 17.8. The van der Waals surface area contributed by atoms with E-state index in [1.807, 2.05) is 34.6 Å². The summed E-state index contributed by atoms with van der Waals surface area (Å²) in [5.74, 6) is 1.91. The highest BCUT2D eigenvalue weighted by atomic mass is 35.5. The maximum atomic E-state index is 12.5. The fourth-order valence-electron chi connectivity index (χ4n) is 2.70. The number of aryl methyl sites for hydroxylation is 2.